The molecule has 2 nitrogen and oxygen atoms in total. The Morgan fingerprint density at radius 1 is 1.20 bits per heavy atom. The molecule has 0 N–H and O–H groups in total. The summed E-state index contributed by atoms with van der Waals surface area (Å²) in [7, 11) is 0. The van der Waals surface area contributed by atoms with Crippen LogP contribution < -0.4 is 0 Å². The Labute approximate surface area is 105 Å². The second-order valence-corrected chi connectivity index (χ2v) is 5.24. The van der Waals surface area contributed by atoms with Gasteiger partial charge in [0.15, 0.2) is 0 Å². The summed E-state index contributed by atoms with van der Waals surface area (Å²) in [5.41, 5.74) is 2.40. The summed E-state index contributed by atoms with van der Waals surface area (Å²) >= 11 is 2.30. The van der Waals surface area contributed by atoms with E-state index in [1.807, 2.05) is 0 Å². The van der Waals surface area contributed by atoms with Crippen molar-refractivity contribution in [3.8, 4) is 0 Å². The SMILES string of the molecule is O=C1OC(CI)CCCC2=C1CCCC2. The zero-order chi connectivity index (χ0) is 10.7. The summed E-state index contributed by atoms with van der Waals surface area (Å²) in [4.78, 5) is 11.9. The van der Waals surface area contributed by atoms with Crippen molar-refractivity contribution < 1.29 is 9.53 Å². The van der Waals surface area contributed by atoms with Crippen molar-refractivity contribution >= 4 is 28.6 Å². The molecular formula is C12H17IO2. The molecule has 15 heavy (non-hydrogen) atoms. The van der Waals surface area contributed by atoms with Crippen molar-refractivity contribution in [1.82, 2.24) is 0 Å². The number of carbonyl (C=O) groups is 1. The van der Waals surface area contributed by atoms with Crippen molar-refractivity contribution in [2.75, 3.05) is 4.43 Å². The zero-order valence-corrected chi connectivity index (χ0v) is 11.1. The first-order valence-corrected chi connectivity index (χ1v) is 7.31. The Balaban J connectivity index is 2.15. The highest BCUT2D eigenvalue weighted by Crippen LogP contribution is 2.31. The molecule has 1 aliphatic heterocycles. The number of hydrogen-bond donors (Lipinski definition) is 0. The lowest BCUT2D eigenvalue weighted by Crippen LogP contribution is -2.24. The lowest BCUT2D eigenvalue weighted by Gasteiger charge is -2.25. The lowest BCUT2D eigenvalue weighted by atomic mass is 9.87. The first-order valence-electron chi connectivity index (χ1n) is 5.79. The van der Waals surface area contributed by atoms with E-state index in [1.54, 1.807) is 0 Å². The smallest absolute Gasteiger partial charge is 0.334 e. The summed E-state index contributed by atoms with van der Waals surface area (Å²) in [5.74, 6) is -0.0222. The molecule has 0 fully saturated rings. The van der Waals surface area contributed by atoms with E-state index < -0.39 is 0 Å². The van der Waals surface area contributed by atoms with Crippen LogP contribution in [0.4, 0.5) is 0 Å². The first kappa shape index (κ1) is 11.4. The largest absolute Gasteiger partial charge is 0.458 e. The average Bonchev–Trinajstić information content (AvgIpc) is 2.25. The van der Waals surface area contributed by atoms with Crippen LogP contribution in [0.1, 0.15) is 44.9 Å². The molecule has 0 radical (unpaired) electrons. The minimum Gasteiger partial charge on any atom is -0.458 e. The van der Waals surface area contributed by atoms with E-state index in [2.05, 4.69) is 22.6 Å². The molecule has 0 saturated carbocycles. The van der Waals surface area contributed by atoms with Crippen LogP contribution in [-0.4, -0.2) is 16.5 Å². The van der Waals surface area contributed by atoms with E-state index in [0.717, 1.165) is 42.1 Å². The van der Waals surface area contributed by atoms with Crippen molar-refractivity contribution in [3.63, 3.8) is 0 Å². The fraction of sp³-hybridized carbons (Fsp3) is 0.750. The van der Waals surface area contributed by atoms with E-state index in [-0.39, 0.29) is 12.1 Å². The van der Waals surface area contributed by atoms with Gasteiger partial charge >= 0.3 is 5.97 Å². The fourth-order valence-corrected chi connectivity index (χ4v) is 3.04. The Kier molecular flexibility index (Phi) is 4.05. The van der Waals surface area contributed by atoms with Gasteiger partial charge in [-0.15, -0.1) is 0 Å². The maximum atomic E-state index is 11.9. The molecule has 0 spiro atoms. The van der Waals surface area contributed by atoms with Crippen LogP contribution >= 0.6 is 22.6 Å². The third kappa shape index (κ3) is 2.74. The number of rotatable bonds is 1. The molecule has 1 aliphatic carbocycles. The predicted octanol–water partition coefficient (Wildman–Crippen LogP) is 3.39. The number of alkyl halides is 1. The van der Waals surface area contributed by atoms with Gasteiger partial charge in [0.25, 0.3) is 0 Å². The maximum Gasteiger partial charge on any atom is 0.334 e. The topological polar surface area (TPSA) is 26.3 Å². The molecule has 1 atom stereocenters. The summed E-state index contributed by atoms with van der Waals surface area (Å²) in [6, 6.07) is 0. The summed E-state index contributed by atoms with van der Waals surface area (Å²) in [6.07, 6.45) is 7.96. The number of hydrogen-bond acceptors (Lipinski definition) is 2. The van der Waals surface area contributed by atoms with Crippen LogP contribution in [0.2, 0.25) is 0 Å². The van der Waals surface area contributed by atoms with Gasteiger partial charge in [0.05, 0.1) is 0 Å². The van der Waals surface area contributed by atoms with E-state index in [1.165, 1.54) is 18.4 Å². The minimum atomic E-state index is -0.0222. The fourth-order valence-electron chi connectivity index (χ4n) is 2.42. The number of ether oxygens (including phenoxy) is 1. The van der Waals surface area contributed by atoms with Crippen LogP contribution in [0.5, 0.6) is 0 Å². The Morgan fingerprint density at radius 3 is 2.73 bits per heavy atom. The van der Waals surface area contributed by atoms with Gasteiger partial charge in [-0.2, -0.15) is 0 Å². The highest BCUT2D eigenvalue weighted by molar-refractivity contribution is 14.1. The molecule has 3 heteroatoms. The normalized spacial score (nSPS) is 27.8. The molecule has 1 heterocycles. The molecular weight excluding hydrogens is 303 g/mol. The number of allylic oxidation sites excluding steroid dienone is 1. The molecule has 0 saturated heterocycles. The third-order valence-electron chi connectivity index (χ3n) is 3.28. The summed E-state index contributed by atoms with van der Waals surface area (Å²) < 4.78 is 6.43. The second-order valence-electron chi connectivity index (χ2n) is 4.36. The molecule has 0 bridgehead atoms. The van der Waals surface area contributed by atoms with Crippen LogP contribution in [0.15, 0.2) is 11.1 Å². The van der Waals surface area contributed by atoms with E-state index in [4.69, 9.17) is 4.74 Å². The van der Waals surface area contributed by atoms with Crippen molar-refractivity contribution in [1.29, 1.82) is 0 Å². The van der Waals surface area contributed by atoms with Gasteiger partial charge in [-0.1, -0.05) is 28.2 Å². The zero-order valence-electron chi connectivity index (χ0n) is 8.93. The first-order chi connectivity index (χ1) is 7.31. The molecule has 1 unspecified atom stereocenters. The minimum absolute atomic E-state index is 0.0222. The molecule has 84 valence electrons. The molecule has 0 amide bonds. The molecule has 2 rings (SSSR count). The van der Waals surface area contributed by atoms with Gasteiger partial charge < -0.3 is 4.74 Å². The van der Waals surface area contributed by atoms with Gasteiger partial charge in [-0.05, 0) is 44.9 Å². The quantitative estimate of drug-likeness (QED) is 0.421. The van der Waals surface area contributed by atoms with Gasteiger partial charge in [0.2, 0.25) is 0 Å². The third-order valence-corrected chi connectivity index (χ3v) is 4.26. The standard InChI is InChI=1S/C12H17IO2/c13-8-10-6-3-5-9-4-1-2-7-11(9)12(14)15-10/h10H,1-8H2. The van der Waals surface area contributed by atoms with Crippen LogP contribution in [0, 0.1) is 0 Å². The average molecular weight is 320 g/mol. The second kappa shape index (κ2) is 5.32. The molecule has 2 aliphatic rings. The van der Waals surface area contributed by atoms with E-state index >= 15 is 0 Å². The van der Waals surface area contributed by atoms with Crippen molar-refractivity contribution in [2.24, 2.45) is 0 Å². The van der Waals surface area contributed by atoms with Crippen LogP contribution in [-0.2, 0) is 9.53 Å². The Hall–Kier alpha value is -0.0600. The monoisotopic (exact) mass is 320 g/mol. The van der Waals surface area contributed by atoms with Gasteiger partial charge in [-0.3, -0.25) is 0 Å². The Morgan fingerprint density at radius 2 is 1.93 bits per heavy atom. The van der Waals surface area contributed by atoms with E-state index in [9.17, 15) is 4.79 Å². The number of carbonyl (C=O) groups excluding carboxylic acids is 1. The van der Waals surface area contributed by atoms with Crippen LogP contribution in [0.25, 0.3) is 0 Å². The van der Waals surface area contributed by atoms with Gasteiger partial charge in [-0.25, -0.2) is 4.79 Å². The van der Waals surface area contributed by atoms with Crippen LogP contribution in [0.3, 0.4) is 0 Å². The van der Waals surface area contributed by atoms with Gasteiger partial charge in [0.1, 0.15) is 6.10 Å². The molecule has 0 aromatic heterocycles. The summed E-state index contributed by atoms with van der Waals surface area (Å²) in [6.45, 7) is 0. The van der Waals surface area contributed by atoms with Gasteiger partial charge in [0, 0.05) is 10.0 Å². The number of esters is 1. The Bertz CT molecular complexity index is 283. The lowest BCUT2D eigenvalue weighted by molar-refractivity contribution is -0.144. The number of halogens is 1. The van der Waals surface area contributed by atoms with Crippen molar-refractivity contribution in [2.45, 2.75) is 51.0 Å². The number of cyclic esters (lactones) is 1. The molecule has 0 aromatic carbocycles. The predicted molar refractivity (Wildman–Crippen MR) is 68.1 cm³/mol. The maximum absolute atomic E-state index is 11.9. The highest BCUT2D eigenvalue weighted by atomic mass is 127. The highest BCUT2D eigenvalue weighted by Gasteiger charge is 2.25. The summed E-state index contributed by atoms with van der Waals surface area (Å²) in [5, 5.41) is 0. The molecule has 0 aromatic rings. The van der Waals surface area contributed by atoms with E-state index in [0.29, 0.717) is 0 Å². The van der Waals surface area contributed by atoms with Crippen molar-refractivity contribution in [3.05, 3.63) is 11.1 Å².